The van der Waals surface area contributed by atoms with Crippen LogP contribution in [0.25, 0.3) is 0 Å². The van der Waals surface area contributed by atoms with E-state index in [-0.39, 0.29) is 0 Å². The summed E-state index contributed by atoms with van der Waals surface area (Å²) < 4.78 is 0. The summed E-state index contributed by atoms with van der Waals surface area (Å²) in [6, 6.07) is 11.5. The van der Waals surface area contributed by atoms with Crippen LogP contribution in [0.3, 0.4) is 0 Å². The van der Waals surface area contributed by atoms with Gasteiger partial charge in [0, 0.05) is 12.1 Å². The largest absolute Gasteiger partial charge is 0.304 e. The van der Waals surface area contributed by atoms with Gasteiger partial charge < -0.3 is 5.32 Å². The molecule has 1 rings (SSSR count). The average Bonchev–Trinajstić information content (AvgIpc) is 2.38. The second-order valence-electron chi connectivity index (χ2n) is 4.65. The van der Waals surface area contributed by atoms with E-state index in [9.17, 15) is 0 Å². The lowest BCUT2D eigenvalue weighted by Crippen LogP contribution is -2.28. The van der Waals surface area contributed by atoms with Gasteiger partial charge in [-0.25, -0.2) is 0 Å². The molecule has 0 amide bonds. The number of hydrogen-bond acceptors (Lipinski definition) is 1. The maximum Gasteiger partial charge on any atom is 0.0325 e. The van der Waals surface area contributed by atoms with Crippen LogP contribution in [-0.4, -0.2) is 6.04 Å². The van der Waals surface area contributed by atoms with E-state index in [0.29, 0.717) is 12.1 Å². The maximum absolute atomic E-state index is 3.84. The lowest BCUT2D eigenvalue weighted by Gasteiger charge is -2.22. The molecule has 17 heavy (non-hydrogen) atoms. The Labute approximate surface area is 106 Å². The van der Waals surface area contributed by atoms with Crippen LogP contribution >= 0.6 is 0 Å². The fourth-order valence-electron chi connectivity index (χ4n) is 2.02. The van der Waals surface area contributed by atoms with E-state index in [0.717, 1.165) is 0 Å². The number of nitrogens with one attached hydrogen (secondary N) is 1. The molecule has 0 spiro atoms. The van der Waals surface area contributed by atoms with Gasteiger partial charge in [0.05, 0.1) is 0 Å². The van der Waals surface area contributed by atoms with Gasteiger partial charge >= 0.3 is 0 Å². The lowest BCUT2D eigenvalue weighted by molar-refractivity contribution is 0.453. The zero-order valence-electron chi connectivity index (χ0n) is 11.2. The van der Waals surface area contributed by atoms with Gasteiger partial charge in [-0.05, 0) is 18.9 Å². The van der Waals surface area contributed by atoms with Crippen LogP contribution in [0.4, 0.5) is 0 Å². The minimum atomic E-state index is 0.363. The van der Waals surface area contributed by atoms with Gasteiger partial charge in [-0.2, -0.15) is 0 Å². The van der Waals surface area contributed by atoms with Crippen LogP contribution in [-0.2, 0) is 0 Å². The van der Waals surface area contributed by atoms with Gasteiger partial charge in [0.25, 0.3) is 0 Å². The number of hydrogen-bond donors (Lipinski definition) is 1. The van der Waals surface area contributed by atoms with Crippen molar-refractivity contribution in [1.82, 2.24) is 5.32 Å². The van der Waals surface area contributed by atoms with Crippen molar-refractivity contribution < 1.29 is 0 Å². The SMILES string of the molecule is C=CC(C)NC(CCCCC)c1ccccc1. The summed E-state index contributed by atoms with van der Waals surface area (Å²) in [5, 5.41) is 3.62. The second-order valence-corrected chi connectivity index (χ2v) is 4.65. The van der Waals surface area contributed by atoms with E-state index in [4.69, 9.17) is 0 Å². The highest BCUT2D eigenvalue weighted by atomic mass is 14.9. The van der Waals surface area contributed by atoms with Crippen LogP contribution in [0, 0.1) is 0 Å². The molecule has 1 heteroatoms. The van der Waals surface area contributed by atoms with Gasteiger partial charge in [-0.15, -0.1) is 6.58 Å². The minimum Gasteiger partial charge on any atom is -0.304 e. The smallest absolute Gasteiger partial charge is 0.0325 e. The first-order valence-electron chi connectivity index (χ1n) is 6.71. The maximum atomic E-state index is 3.84. The molecule has 0 saturated carbocycles. The monoisotopic (exact) mass is 231 g/mol. The number of unbranched alkanes of at least 4 members (excludes halogenated alkanes) is 2. The molecule has 0 fully saturated rings. The van der Waals surface area contributed by atoms with Crippen LogP contribution in [0.15, 0.2) is 43.0 Å². The first-order chi connectivity index (χ1) is 8.27. The molecule has 0 aliphatic heterocycles. The summed E-state index contributed by atoms with van der Waals surface area (Å²) in [4.78, 5) is 0. The third kappa shape index (κ3) is 5.18. The molecular weight excluding hydrogens is 206 g/mol. The lowest BCUT2D eigenvalue weighted by atomic mass is 9.99. The Kier molecular flexibility index (Phi) is 6.64. The Morgan fingerprint density at radius 2 is 1.94 bits per heavy atom. The van der Waals surface area contributed by atoms with Crippen molar-refractivity contribution in [3.05, 3.63) is 48.6 Å². The minimum absolute atomic E-state index is 0.363. The number of rotatable bonds is 8. The van der Waals surface area contributed by atoms with E-state index >= 15 is 0 Å². The predicted molar refractivity (Wildman–Crippen MR) is 76.1 cm³/mol. The van der Waals surface area contributed by atoms with Crippen molar-refractivity contribution in [3.8, 4) is 0 Å². The summed E-state index contributed by atoms with van der Waals surface area (Å²) in [6.07, 6.45) is 7.05. The van der Waals surface area contributed by atoms with E-state index < -0.39 is 0 Å². The summed E-state index contributed by atoms with van der Waals surface area (Å²) >= 11 is 0. The molecule has 0 saturated heterocycles. The molecule has 1 aromatic carbocycles. The van der Waals surface area contributed by atoms with Crippen LogP contribution in [0.2, 0.25) is 0 Å². The number of benzene rings is 1. The van der Waals surface area contributed by atoms with Crippen molar-refractivity contribution in [2.45, 2.75) is 51.6 Å². The summed E-state index contributed by atoms with van der Waals surface area (Å²) in [7, 11) is 0. The molecule has 2 atom stereocenters. The fraction of sp³-hybridized carbons (Fsp3) is 0.500. The highest BCUT2D eigenvalue weighted by molar-refractivity contribution is 5.19. The third-order valence-corrected chi connectivity index (χ3v) is 3.12. The molecule has 0 bridgehead atoms. The molecule has 2 unspecified atom stereocenters. The molecule has 1 nitrogen and oxygen atoms in total. The van der Waals surface area contributed by atoms with E-state index in [2.05, 4.69) is 56.1 Å². The molecule has 1 N–H and O–H groups in total. The summed E-state index contributed by atoms with van der Waals surface area (Å²) in [5.74, 6) is 0. The molecule has 94 valence electrons. The third-order valence-electron chi connectivity index (χ3n) is 3.12. The van der Waals surface area contributed by atoms with Gasteiger partial charge in [0.1, 0.15) is 0 Å². The summed E-state index contributed by atoms with van der Waals surface area (Å²) in [5.41, 5.74) is 1.39. The molecule has 0 aromatic heterocycles. The zero-order valence-corrected chi connectivity index (χ0v) is 11.2. The van der Waals surface area contributed by atoms with Gasteiger partial charge in [0.2, 0.25) is 0 Å². The molecule has 0 radical (unpaired) electrons. The first kappa shape index (κ1) is 14.0. The van der Waals surface area contributed by atoms with Gasteiger partial charge in [-0.1, -0.05) is 62.6 Å². The first-order valence-corrected chi connectivity index (χ1v) is 6.71. The Morgan fingerprint density at radius 3 is 2.53 bits per heavy atom. The molecular formula is C16H25N. The Hall–Kier alpha value is -1.08. The Morgan fingerprint density at radius 1 is 1.24 bits per heavy atom. The molecule has 0 aliphatic rings. The highest BCUT2D eigenvalue weighted by Crippen LogP contribution is 2.20. The van der Waals surface area contributed by atoms with Crippen molar-refractivity contribution >= 4 is 0 Å². The molecule has 1 aromatic rings. The van der Waals surface area contributed by atoms with E-state index in [1.54, 1.807) is 0 Å². The van der Waals surface area contributed by atoms with Crippen LogP contribution < -0.4 is 5.32 Å². The van der Waals surface area contributed by atoms with Gasteiger partial charge in [0.15, 0.2) is 0 Å². The standard InChI is InChI=1S/C16H25N/c1-4-6-8-13-16(17-14(3)5-2)15-11-9-7-10-12-15/h5,7,9-12,14,16-17H,2,4,6,8,13H2,1,3H3. The van der Waals surface area contributed by atoms with Crippen LogP contribution in [0.5, 0.6) is 0 Å². The second kappa shape index (κ2) is 8.08. The van der Waals surface area contributed by atoms with Crippen LogP contribution in [0.1, 0.15) is 51.1 Å². The fourth-order valence-corrected chi connectivity index (χ4v) is 2.02. The van der Waals surface area contributed by atoms with Gasteiger partial charge in [-0.3, -0.25) is 0 Å². The van der Waals surface area contributed by atoms with E-state index in [1.165, 1.54) is 31.2 Å². The van der Waals surface area contributed by atoms with Crippen molar-refractivity contribution in [2.75, 3.05) is 0 Å². The average molecular weight is 231 g/mol. The quantitative estimate of drug-likeness (QED) is 0.514. The molecule has 0 aliphatic carbocycles. The zero-order chi connectivity index (χ0) is 12.5. The normalized spacial score (nSPS) is 14.2. The Bertz CT molecular complexity index is 305. The Balaban J connectivity index is 2.61. The summed E-state index contributed by atoms with van der Waals surface area (Å²) in [6.45, 7) is 8.24. The predicted octanol–water partition coefficient (Wildman–Crippen LogP) is 4.47. The highest BCUT2D eigenvalue weighted by Gasteiger charge is 2.11. The van der Waals surface area contributed by atoms with Crippen molar-refractivity contribution in [1.29, 1.82) is 0 Å². The van der Waals surface area contributed by atoms with Crippen molar-refractivity contribution in [2.24, 2.45) is 0 Å². The van der Waals surface area contributed by atoms with E-state index in [1.807, 2.05) is 6.08 Å². The van der Waals surface area contributed by atoms with Crippen molar-refractivity contribution in [3.63, 3.8) is 0 Å². The molecule has 0 heterocycles. The topological polar surface area (TPSA) is 12.0 Å².